The molecule has 1 aliphatic heterocycles. The Morgan fingerprint density at radius 1 is 1.43 bits per heavy atom. The molecule has 0 aromatic rings. The average Bonchev–Trinajstić information content (AvgIpc) is 2.18. The summed E-state index contributed by atoms with van der Waals surface area (Å²) in [5.74, 6) is 4.51. The summed E-state index contributed by atoms with van der Waals surface area (Å²) in [7, 11) is 0. The third-order valence-electron chi connectivity index (χ3n) is 3.14. The van der Waals surface area contributed by atoms with Gasteiger partial charge in [0.1, 0.15) is 5.78 Å². The van der Waals surface area contributed by atoms with Crippen LogP contribution in [-0.4, -0.2) is 17.3 Å². The summed E-state index contributed by atoms with van der Waals surface area (Å²) in [6.07, 6.45) is 5.96. The van der Waals surface area contributed by atoms with E-state index in [1.54, 1.807) is 6.92 Å². The molecule has 14 heavy (non-hydrogen) atoms. The van der Waals surface area contributed by atoms with Crippen molar-refractivity contribution in [3.63, 3.8) is 0 Å². The van der Waals surface area contributed by atoms with E-state index in [0.717, 1.165) is 12.3 Å². The third kappa shape index (κ3) is 4.04. The molecule has 0 N–H and O–H groups in total. The van der Waals surface area contributed by atoms with E-state index >= 15 is 0 Å². The first-order chi connectivity index (χ1) is 6.74. The first-order valence-corrected chi connectivity index (χ1v) is 6.96. The number of hydrogen-bond acceptors (Lipinski definition) is 2. The molecule has 1 unspecified atom stereocenters. The van der Waals surface area contributed by atoms with Crippen LogP contribution in [0.2, 0.25) is 0 Å². The molecule has 0 radical (unpaired) electrons. The molecular weight excluding hydrogens is 192 g/mol. The summed E-state index contributed by atoms with van der Waals surface area (Å²) in [4.78, 5) is 11.2. The van der Waals surface area contributed by atoms with Gasteiger partial charge in [0.05, 0.1) is 0 Å². The molecule has 0 aliphatic carbocycles. The molecule has 0 amide bonds. The zero-order valence-electron chi connectivity index (χ0n) is 9.42. The zero-order chi connectivity index (χ0) is 10.4. The van der Waals surface area contributed by atoms with E-state index in [4.69, 9.17) is 0 Å². The lowest BCUT2D eigenvalue weighted by molar-refractivity contribution is -0.118. The second kappa shape index (κ2) is 6.49. The Morgan fingerprint density at radius 2 is 2.07 bits per heavy atom. The number of Topliss-reactive ketones (excluding diaryl/α,β-unsaturated/α-hetero) is 1. The predicted octanol–water partition coefficient (Wildman–Crippen LogP) is 3.53. The highest BCUT2D eigenvalue weighted by Crippen LogP contribution is 2.33. The normalized spacial score (nSPS) is 20.7. The van der Waals surface area contributed by atoms with Crippen molar-refractivity contribution < 1.29 is 4.79 Å². The van der Waals surface area contributed by atoms with Crippen molar-refractivity contribution in [3.05, 3.63) is 0 Å². The fourth-order valence-corrected chi connectivity index (χ4v) is 3.57. The Labute approximate surface area is 92.0 Å². The zero-order valence-corrected chi connectivity index (χ0v) is 10.2. The van der Waals surface area contributed by atoms with E-state index in [9.17, 15) is 4.79 Å². The van der Waals surface area contributed by atoms with Gasteiger partial charge in [-0.25, -0.2) is 0 Å². The molecular formula is C12H22OS. The van der Waals surface area contributed by atoms with Crippen LogP contribution in [0.4, 0.5) is 0 Å². The summed E-state index contributed by atoms with van der Waals surface area (Å²) in [6.45, 7) is 3.96. The van der Waals surface area contributed by atoms with Gasteiger partial charge >= 0.3 is 0 Å². The minimum atomic E-state index is 0.377. The standard InChI is InChI=1S/C12H22OS/c1-3-4-12(9-10(2)13)11-5-7-14-8-6-11/h11-12H,3-9H2,1-2H3. The van der Waals surface area contributed by atoms with Crippen molar-refractivity contribution in [1.82, 2.24) is 0 Å². The van der Waals surface area contributed by atoms with Crippen LogP contribution in [0.1, 0.15) is 46.0 Å². The maximum absolute atomic E-state index is 11.2. The lowest BCUT2D eigenvalue weighted by Crippen LogP contribution is -2.21. The predicted molar refractivity (Wildman–Crippen MR) is 63.7 cm³/mol. The van der Waals surface area contributed by atoms with Gasteiger partial charge in [-0.1, -0.05) is 19.8 Å². The van der Waals surface area contributed by atoms with E-state index in [1.165, 1.54) is 37.2 Å². The summed E-state index contributed by atoms with van der Waals surface area (Å²) in [5, 5.41) is 0. The third-order valence-corrected chi connectivity index (χ3v) is 4.19. The molecule has 1 heterocycles. The highest BCUT2D eigenvalue weighted by atomic mass is 32.2. The Morgan fingerprint density at radius 3 is 2.57 bits per heavy atom. The molecule has 1 saturated heterocycles. The van der Waals surface area contributed by atoms with Crippen LogP contribution in [-0.2, 0) is 4.79 Å². The van der Waals surface area contributed by atoms with Crippen LogP contribution in [0.15, 0.2) is 0 Å². The van der Waals surface area contributed by atoms with Gasteiger partial charge in [0.25, 0.3) is 0 Å². The second-order valence-electron chi connectivity index (χ2n) is 4.40. The highest BCUT2D eigenvalue weighted by molar-refractivity contribution is 7.99. The minimum Gasteiger partial charge on any atom is -0.300 e. The second-order valence-corrected chi connectivity index (χ2v) is 5.63. The number of rotatable bonds is 5. The molecule has 0 aromatic carbocycles. The first-order valence-electron chi connectivity index (χ1n) is 5.81. The summed E-state index contributed by atoms with van der Waals surface area (Å²) in [6, 6.07) is 0. The monoisotopic (exact) mass is 214 g/mol. The van der Waals surface area contributed by atoms with Crippen LogP contribution in [0, 0.1) is 11.8 Å². The molecule has 0 spiro atoms. The van der Waals surface area contributed by atoms with Gasteiger partial charge in [0.15, 0.2) is 0 Å². The van der Waals surface area contributed by atoms with E-state index in [-0.39, 0.29) is 0 Å². The molecule has 82 valence electrons. The molecule has 0 aromatic heterocycles. The molecule has 0 bridgehead atoms. The van der Waals surface area contributed by atoms with Gasteiger partial charge in [0, 0.05) is 6.42 Å². The topological polar surface area (TPSA) is 17.1 Å². The van der Waals surface area contributed by atoms with Gasteiger partial charge in [-0.15, -0.1) is 0 Å². The SMILES string of the molecule is CCCC(CC(C)=O)C1CCSCC1. The fraction of sp³-hybridized carbons (Fsp3) is 0.917. The number of thioether (sulfide) groups is 1. The van der Waals surface area contributed by atoms with Gasteiger partial charge < -0.3 is 4.79 Å². The number of hydrogen-bond donors (Lipinski definition) is 0. The largest absolute Gasteiger partial charge is 0.300 e. The maximum Gasteiger partial charge on any atom is 0.130 e. The Kier molecular flexibility index (Phi) is 5.61. The van der Waals surface area contributed by atoms with Crippen LogP contribution in [0.3, 0.4) is 0 Å². The van der Waals surface area contributed by atoms with Crippen LogP contribution >= 0.6 is 11.8 Å². The Hall–Kier alpha value is 0.0200. The number of ketones is 1. The Bertz CT molecular complexity index is 173. The van der Waals surface area contributed by atoms with E-state index in [0.29, 0.717) is 11.7 Å². The highest BCUT2D eigenvalue weighted by Gasteiger charge is 2.23. The van der Waals surface area contributed by atoms with Gasteiger partial charge in [-0.2, -0.15) is 11.8 Å². The van der Waals surface area contributed by atoms with Gasteiger partial charge in [-0.3, -0.25) is 0 Å². The molecule has 1 atom stereocenters. The van der Waals surface area contributed by atoms with Crippen molar-refractivity contribution in [2.45, 2.75) is 46.0 Å². The summed E-state index contributed by atoms with van der Waals surface area (Å²) < 4.78 is 0. The smallest absolute Gasteiger partial charge is 0.130 e. The van der Waals surface area contributed by atoms with Crippen molar-refractivity contribution in [2.75, 3.05) is 11.5 Å². The van der Waals surface area contributed by atoms with Crippen LogP contribution < -0.4 is 0 Å². The molecule has 1 fully saturated rings. The van der Waals surface area contributed by atoms with Crippen molar-refractivity contribution in [2.24, 2.45) is 11.8 Å². The summed E-state index contributed by atoms with van der Waals surface area (Å²) in [5.41, 5.74) is 0. The molecule has 1 aliphatic rings. The van der Waals surface area contributed by atoms with Gasteiger partial charge in [0.2, 0.25) is 0 Å². The lowest BCUT2D eigenvalue weighted by Gasteiger charge is -2.29. The van der Waals surface area contributed by atoms with Crippen molar-refractivity contribution in [3.8, 4) is 0 Å². The molecule has 0 saturated carbocycles. The number of carbonyl (C=O) groups is 1. The van der Waals surface area contributed by atoms with Gasteiger partial charge in [-0.05, 0) is 43.1 Å². The molecule has 2 heteroatoms. The van der Waals surface area contributed by atoms with E-state index in [2.05, 4.69) is 18.7 Å². The van der Waals surface area contributed by atoms with Crippen LogP contribution in [0.25, 0.3) is 0 Å². The molecule has 1 rings (SSSR count). The van der Waals surface area contributed by atoms with Crippen LogP contribution in [0.5, 0.6) is 0 Å². The summed E-state index contributed by atoms with van der Waals surface area (Å²) >= 11 is 2.07. The maximum atomic E-state index is 11.2. The van der Waals surface area contributed by atoms with E-state index < -0.39 is 0 Å². The number of carbonyl (C=O) groups excluding carboxylic acids is 1. The fourth-order valence-electron chi connectivity index (χ4n) is 2.43. The van der Waals surface area contributed by atoms with E-state index in [1.807, 2.05) is 0 Å². The van der Waals surface area contributed by atoms with Crippen molar-refractivity contribution >= 4 is 17.5 Å². The first kappa shape index (κ1) is 12.1. The lowest BCUT2D eigenvalue weighted by atomic mass is 9.81. The molecule has 1 nitrogen and oxygen atoms in total. The Balaban J connectivity index is 2.42. The van der Waals surface area contributed by atoms with Crippen molar-refractivity contribution in [1.29, 1.82) is 0 Å². The quantitative estimate of drug-likeness (QED) is 0.696. The minimum absolute atomic E-state index is 0.377. The average molecular weight is 214 g/mol.